The molecule has 0 saturated carbocycles. The molecule has 0 spiro atoms. The molecule has 1 unspecified atom stereocenters. The molecule has 1 fully saturated rings. The van der Waals surface area contributed by atoms with Gasteiger partial charge in [0.25, 0.3) is 0 Å². The number of rotatable bonds is 1. The van der Waals surface area contributed by atoms with E-state index in [4.69, 9.17) is 0 Å². The maximum Gasteiger partial charge on any atom is 0.149 e. The molecule has 0 bridgehead atoms. The van der Waals surface area contributed by atoms with Crippen molar-refractivity contribution in [3.8, 4) is 0 Å². The summed E-state index contributed by atoms with van der Waals surface area (Å²) in [5.74, 6) is -1.04. The van der Waals surface area contributed by atoms with Crippen LogP contribution in [0.2, 0.25) is 0 Å². The summed E-state index contributed by atoms with van der Waals surface area (Å²) in [5.41, 5.74) is 0.435. The van der Waals surface area contributed by atoms with E-state index in [0.717, 1.165) is 12.6 Å². The molecule has 0 radical (unpaired) electrons. The van der Waals surface area contributed by atoms with Crippen LogP contribution < -0.4 is 4.90 Å². The van der Waals surface area contributed by atoms with Crippen molar-refractivity contribution in [2.24, 2.45) is 0 Å². The molecule has 1 saturated heterocycles. The van der Waals surface area contributed by atoms with Gasteiger partial charge in [-0.25, -0.2) is 8.78 Å². The molecule has 1 aromatic rings. The van der Waals surface area contributed by atoms with Gasteiger partial charge in [-0.1, -0.05) is 9.39 Å². The van der Waals surface area contributed by atoms with Crippen LogP contribution in [0.15, 0.2) is 18.2 Å². The number of benzene rings is 1. The molecular formula is C11H16BrF2N2P. The zero-order valence-electron chi connectivity index (χ0n) is 9.78. The molecule has 2 rings (SSSR count). The predicted octanol–water partition coefficient (Wildman–Crippen LogP) is 3.19. The van der Waals surface area contributed by atoms with E-state index in [2.05, 4.69) is 27.9 Å². The Hall–Kier alpha value is -0.250. The second-order valence-electron chi connectivity index (χ2n) is 4.72. The van der Waals surface area contributed by atoms with E-state index in [1.807, 2.05) is 4.90 Å². The average Bonchev–Trinajstić information content (AvgIpc) is 2.40. The van der Waals surface area contributed by atoms with Crippen molar-refractivity contribution < 1.29 is 8.78 Å². The van der Waals surface area contributed by atoms with Crippen LogP contribution in [-0.4, -0.2) is 23.4 Å². The van der Waals surface area contributed by atoms with Gasteiger partial charge in [0.2, 0.25) is 0 Å². The van der Waals surface area contributed by atoms with Gasteiger partial charge in [0.1, 0.15) is 11.6 Å². The third kappa shape index (κ3) is 2.95. The molecule has 0 amide bonds. The van der Waals surface area contributed by atoms with Crippen LogP contribution in [0.1, 0.15) is 13.8 Å². The van der Waals surface area contributed by atoms with Crippen molar-refractivity contribution in [1.29, 1.82) is 0 Å². The van der Waals surface area contributed by atoms with E-state index in [0.29, 0.717) is 12.4 Å². The SMILES string of the molecule is Br.CC1(C)CN(c2ccc(F)cc2F)CN1P. The standard InChI is InChI=1S/C11H15F2N2P.BrH/c1-11(2)6-14(7-15(11)16)10-4-3-8(12)5-9(10)13;/h3-5H,6-7,16H2,1-2H3;1H. The summed E-state index contributed by atoms with van der Waals surface area (Å²) in [6.45, 7) is 5.52. The lowest BCUT2D eigenvalue weighted by Gasteiger charge is -2.24. The fraction of sp³-hybridized carbons (Fsp3) is 0.455. The molecule has 1 aliphatic heterocycles. The summed E-state index contributed by atoms with van der Waals surface area (Å²) < 4.78 is 28.4. The Balaban J connectivity index is 0.00000144. The molecule has 0 N–H and O–H groups in total. The minimum absolute atomic E-state index is 0. The summed E-state index contributed by atoms with van der Waals surface area (Å²) in [7, 11) is 2.64. The van der Waals surface area contributed by atoms with Gasteiger partial charge in [-0.15, -0.1) is 17.0 Å². The van der Waals surface area contributed by atoms with Gasteiger partial charge in [0.15, 0.2) is 0 Å². The second kappa shape index (κ2) is 5.17. The summed E-state index contributed by atoms with van der Waals surface area (Å²) >= 11 is 0. The smallest absolute Gasteiger partial charge is 0.149 e. The summed E-state index contributed by atoms with van der Waals surface area (Å²) in [4.78, 5) is 1.90. The minimum atomic E-state index is -0.539. The van der Waals surface area contributed by atoms with Crippen LogP contribution in [0.25, 0.3) is 0 Å². The first kappa shape index (κ1) is 14.8. The average molecular weight is 325 g/mol. The van der Waals surface area contributed by atoms with Crippen LogP contribution in [0, 0.1) is 11.6 Å². The number of halogens is 3. The number of nitrogens with zero attached hydrogens (tertiary/aromatic N) is 2. The Bertz CT molecular complexity index is 414. The Morgan fingerprint density at radius 2 is 1.94 bits per heavy atom. The van der Waals surface area contributed by atoms with Gasteiger partial charge in [-0.3, -0.25) is 4.67 Å². The lowest BCUT2D eigenvalue weighted by Crippen LogP contribution is -2.33. The molecule has 2 nitrogen and oxygen atoms in total. The van der Waals surface area contributed by atoms with E-state index < -0.39 is 11.6 Å². The highest BCUT2D eigenvalue weighted by Gasteiger charge is 2.35. The van der Waals surface area contributed by atoms with Gasteiger partial charge in [0, 0.05) is 18.2 Å². The van der Waals surface area contributed by atoms with E-state index in [1.165, 1.54) is 12.1 Å². The molecule has 17 heavy (non-hydrogen) atoms. The second-order valence-corrected chi connectivity index (χ2v) is 5.34. The molecule has 1 aromatic carbocycles. The van der Waals surface area contributed by atoms with Crippen molar-refractivity contribution in [3.63, 3.8) is 0 Å². The number of hydrogen-bond donors (Lipinski definition) is 0. The maximum absolute atomic E-state index is 13.6. The fourth-order valence-electron chi connectivity index (χ4n) is 1.88. The molecular weight excluding hydrogens is 309 g/mol. The molecule has 96 valence electrons. The van der Waals surface area contributed by atoms with Crippen molar-refractivity contribution in [1.82, 2.24) is 4.67 Å². The van der Waals surface area contributed by atoms with Crippen molar-refractivity contribution in [2.45, 2.75) is 19.4 Å². The molecule has 6 heteroatoms. The number of anilines is 1. The molecule has 0 aromatic heterocycles. The Morgan fingerprint density at radius 1 is 1.29 bits per heavy atom. The summed E-state index contributed by atoms with van der Waals surface area (Å²) in [6.07, 6.45) is 0. The van der Waals surface area contributed by atoms with Gasteiger partial charge in [0.05, 0.1) is 12.4 Å². The van der Waals surface area contributed by atoms with Crippen LogP contribution >= 0.6 is 26.4 Å². The number of hydrogen-bond acceptors (Lipinski definition) is 2. The van der Waals surface area contributed by atoms with Crippen LogP contribution in [-0.2, 0) is 0 Å². The zero-order valence-corrected chi connectivity index (χ0v) is 12.6. The molecule has 1 aliphatic rings. The predicted molar refractivity (Wildman–Crippen MR) is 74.5 cm³/mol. The Kier molecular flexibility index (Phi) is 4.50. The third-order valence-electron chi connectivity index (χ3n) is 2.93. The molecule has 1 heterocycles. The Labute approximate surface area is 113 Å². The lowest BCUT2D eigenvalue weighted by atomic mass is 10.1. The summed E-state index contributed by atoms with van der Waals surface area (Å²) in [5, 5.41) is 0. The van der Waals surface area contributed by atoms with Gasteiger partial charge >= 0.3 is 0 Å². The van der Waals surface area contributed by atoms with Crippen LogP contribution in [0.3, 0.4) is 0 Å². The maximum atomic E-state index is 13.6. The van der Waals surface area contributed by atoms with Crippen LogP contribution in [0.4, 0.5) is 14.5 Å². The first-order valence-electron chi connectivity index (χ1n) is 5.12. The van der Waals surface area contributed by atoms with Crippen LogP contribution in [0.5, 0.6) is 0 Å². The van der Waals surface area contributed by atoms with E-state index in [1.54, 1.807) is 0 Å². The summed E-state index contributed by atoms with van der Waals surface area (Å²) in [6, 6.07) is 3.70. The van der Waals surface area contributed by atoms with Crippen molar-refractivity contribution >= 4 is 32.1 Å². The van der Waals surface area contributed by atoms with Gasteiger partial charge < -0.3 is 4.90 Å². The normalized spacial score (nSPS) is 19.2. The highest BCUT2D eigenvalue weighted by Crippen LogP contribution is 2.32. The zero-order chi connectivity index (χ0) is 11.9. The highest BCUT2D eigenvalue weighted by molar-refractivity contribution is 8.93. The van der Waals surface area contributed by atoms with E-state index in [-0.39, 0.29) is 22.5 Å². The quantitative estimate of drug-likeness (QED) is 0.732. The molecule has 1 atom stereocenters. The van der Waals surface area contributed by atoms with Gasteiger partial charge in [-0.2, -0.15) is 0 Å². The topological polar surface area (TPSA) is 6.48 Å². The monoisotopic (exact) mass is 324 g/mol. The lowest BCUT2D eigenvalue weighted by molar-refractivity contribution is 0.334. The highest BCUT2D eigenvalue weighted by atomic mass is 79.9. The van der Waals surface area contributed by atoms with Crippen molar-refractivity contribution in [3.05, 3.63) is 29.8 Å². The largest absolute Gasteiger partial charge is 0.354 e. The molecule has 0 aliphatic carbocycles. The minimum Gasteiger partial charge on any atom is -0.354 e. The van der Waals surface area contributed by atoms with Gasteiger partial charge in [-0.05, 0) is 26.0 Å². The van der Waals surface area contributed by atoms with E-state index in [9.17, 15) is 8.78 Å². The Morgan fingerprint density at radius 3 is 2.41 bits per heavy atom. The first-order chi connectivity index (χ1) is 7.40. The third-order valence-corrected chi connectivity index (χ3v) is 3.79. The fourth-order valence-corrected chi connectivity index (χ4v) is 2.16. The first-order valence-corrected chi connectivity index (χ1v) is 5.64. The van der Waals surface area contributed by atoms with Crippen molar-refractivity contribution in [2.75, 3.05) is 18.1 Å². The van der Waals surface area contributed by atoms with E-state index >= 15 is 0 Å².